The first-order chi connectivity index (χ1) is 9.85. The molecule has 21 heavy (non-hydrogen) atoms. The highest BCUT2D eigenvalue weighted by Crippen LogP contribution is 2.30. The molecule has 0 aliphatic heterocycles. The van der Waals surface area contributed by atoms with Gasteiger partial charge in [0.05, 0.1) is 15.5 Å². The number of hydrogen-bond donors (Lipinski definition) is 1. The molecule has 0 saturated heterocycles. The van der Waals surface area contributed by atoms with E-state index in [-0.39, 0.29) is 21.5 Å². The van der Waals surface area contributed by atoms with Crippen LogP contribution in [0.2, 0.25) is 5.02 Å². The highest BCUT2D eigenvalue weighted by Gasteiger charge is 2.30. The molecular weight excluding hydrogens is 308 g/mol. The van der Waals surface area contributed by atoms with Gasteiger partial charge in [0.25, 0.3) is 0 Å². The van der Waals surface area contributed by atoms with E-state index in [0.717, 1.165) is 19.3 Å². The van der Waals surface area contributed by atoms with Crippen molar-refractivity contribution in [3.63, 3.8) is 0 Å². The van der Waals surface area contributed by atoms with Crippen LogP contribution in [0.25, 0.3) is 0 Å². The van der Waals surface area contributed by atoms with Gasteiger partial charge in [-0.05, 0) is 36.5 Å². The molecular formula is C15H19ClN2O2S. The first-order valence-electron chi connectivity index (χ1n) is 7.07. The fourth-order valence-corrected chi connectivity index (χ4v) is 4.44. The quantitative estimate of drug-likeness (QED) is 0.926. The standard InChI is InChI=1S/C15H19ClN2O2S/c1-10-4-3-5-15(11(10)2)18-21(19,20)13-7-6-12(9-17)14(16)8-13/h6-8,10-11,15,18H,3-5H2,1-2H3. The molecule has 0 amide bonds. The van der Waals surface area contributed by atoms with E-state index >= 15 is 0 Å². The molecule has 1 aliphatic rings. The summed E-state index contributed by atoms with van der Waals surface area (Å²) in [5.41, 5.74) is 0.273. The largest absolute Gasteiger partial charge is 0.240 e. The van der Waals surface area contributed by atoms with Gasteiger partial charge in [-0.15, -0.1) is 0 Å². The summed E-state index contributed by atoms with van der Waals surface area (Å²) >= 11 is 5.92. The minimum atomic E-state index is -3.61. The third kappa shape index (κ3) is 3.57. The lowest BCUT2D eigenvalue weighted by Crippen LogP contribution is -2.43. The molecule has 0 bridgehead atoms. The number of nitrogens with zero attached hydrogens (tertiary/aromatic N) is 1. The van der Waals surface area contributed by atoms with Crippen molar-refractivity contribution in [1.29, 1.82) is 5.26 Å². The maximum atomic E-state index is 12.5. The van der Waals surface area contributed by atoms with Crippen molar-refractivity contribution in [2.45, 2.75) is 44.0 Å². The van der Waals surface area contributed by atoms with Gasteiger partial charge in [0.1, 0.15) is 6.07 Å². The van der Waals surface area contributed by atoms with E-state index in [2.05, 4.69) is 18.6 Å². The molecule has 1 aromatic carbocycles. The van der Waals surface area contributed by atoms with E-state index in [0.29, 0.717) is 11.8 Å². The van der Waals surface area contributed by atoms with Crippen LogP contribution in [0.5, 0.6) is 0 Å². The normalized spacial score (nSPS) is 26.3. The van der Waals surface area contributed by atoms with Gasteiger partial charge < -0.3 is 0 Å². The van der Waals surface area contributed by atoms with Gasteiger partial charge in [-0.2, -0.15) is 5.26 Å². The lowest BCUT2D eigenvalue weighted by Gasteiger charge is -2.34. The van der Waals surface area contributed by atoms with E-state index in [1.54, 1.807) is 0 Å². The van der Waals surface area contributed by atoms with E-state index in [1.807, 2.05) is 6.07 Å². The van der Waals surface area contributed by atoms with Crippen LogP contribution in [0.15, 0.2) is 23.1 Å². The average Bonchev–Trinajstić information content (AvgIpc) is 2.43. The average molecular weight is 327 g/mol. The maximum Gasteiger partial charge on any atom is 0.240 e. The van der Waals surface area contributed by atoms with Crippen LogP contribution < -0.4 is 4.72 Å². The SMILES string of the molecule is CC1CCCC(NS(=O)(=O)c2ccc(C#N)c(Cl)c2)C1C. The summed E-state index contributed by atoms with van der Waals surface area (Å²) in [5.74, 6) is 0.818. The van der Waals surface area contributed by atoms with Crippen molar-refractivity contribution >= 4 is 21.6 Å². The Kier molecular flexibility index (Phi) is 4.92. The maximum absolute atomic E-state index is 12.5. The molecule has 1 fully saturated rings. The zero-order valence-corrected chi connectivity index (χ0v) is 13.7. The molecule has 0 spiro atoms. The number of benzene rings is 1. The van der Waals surface area contributed by atoms with Crippen LogP contribution in [-0.2, 0) is 10.0 Å². The Bertz CT molecular complexity index is 667. The molecule has 1 N–H and O–H groups in total. The molecule has 1 saturated carbocycles. The van der Waals surface area contributed by atoms with Gasteiger partial charge in [0.15, 0.2) is 0 Å². The summed E-state index contributed by atoms with van der Waals surface area (Å²) in [7, 11) is -3.61. The first kappa shape index (κ1) is 16.3. The van der Waals surface area contributed by atoms with Crippen molar-refractivity contribution < 1.29 is 8.42 Å². The molecule has 1 aliphatic carbocycles. The number of halogens is 1. The summed E-state index contributed by atoms with van der Waals surface area (Å²) in [6.07, 6.45) is 3.03. The van der Waals surface area contributed by atoms with Gasteiger partial charge in [-0.25, -0.2) is 13.1 Å². The second-order valence-corrected chi connectivity index (χ2v) is 7.87. The second kappa shape index (κ2) is 6.35. The van der Waals surface area contributed by atoms with Crippen LogP contribution in [0, 0.1) is 23.2 Å². The molecule has 1 aromatic rings. The van der Waals surface area contributed by atoms with Crippen LogP contribution in [0.3, 0.4) is 0 Å². The number of sulfonamides is 1. The van der Waals surface area contributed by atoms with E-state index in [9.17, 15) is 8.42 Å². The molecule has 0 radical (unpaired) electrons. The minimum absolute atomic E-state index is 0.0480. The third-order valence-electron chi connectivity index (χ3n) is 4.38. The summed E-state index contributed by atoms with van der Waals surface area (Å²) < 4.78 is 27.7. The Hall–Kier alpha value is -1.09. The topological polar surface area (TPSA) is 70.0 Å². The number of rotatable bonds is 3. The van der Waals surface area contributed by atoms with Gasteiger partial charge in [-0.3, -0.25) is 0 Å². The van der Waals surface area contributed by atoms with Crippen LogP contribution in [0.4, 0.5) is 0 Å². The molecule has 3 unspecified atom stereocenters. The molecule has 4 nitrogen and oxygen atoms in total. The zero-order valence-electron chi connectivity index (χ0n) is 12.1. The molecule has 114 valence electrons. The number of nitrogens with one attached hydrogen (secondary N) is 1. The lowest BCUT2D eigenvalue weighted by atomic mass is 9.78. The predicted molar refractivity (Wildman–Crippen MR) is 82.5 cm³/mol. The monoisotopic (exact) mass is 326 g/mol. The van der Waals surface area contributed by atoms with Crippen LogP contribution in [-0.4, -0.2) is 14.5 Å². The van der Waals surface area contributed by atoms with Gasteiger partial charge in [0, 0.05) is 6.04 Å². The molecule has 6 heteroatoms. The minimum Gasteiger partial charge on any atom is -0.208 e. The highest BCUT2D eigenvalue weighted by molar-refractivity contribution is 7.89. The fourth-order valence-electron chi connectivity index (χ4n) is 2.77. The summed E-state index contributed by atoms with van der Waals surface area (Å²) in [4.78, 5) is 0.108. The third-order valence-corrected chi connectivity index (χ3v) is 6.18. The summed E-state index contributed by atoms with van der Waals surface area (Å²) in [5, 5.41) is 9.00. The predicted octanol–water partition coefficient (Wildman–Crippen LogP) is 3.31. The van der Waals surface area contributed by atoms with E-state index in [1.165, 1.54) is 18.2 Å². The number of nitriles is 1. The molecule has 0 heterocycles. The lowest BCUT2D eigenvalue weighted by molar-refractivity contribution is 0.227. The van der Waals surface area contributed by atoms with Crippen LogP contribution >= 0.6 is 11.6 Å². The van der Waals surface area contributed by atoms with Crippen molar-refractivity contribution in [2.24, 2.45) is 11.8 Å². The van der Waals surface area contributed by atoms with Crippen molar-refractivity contribution in [2.75, 3.05) is 0 Å². The zero-order chi connectivity index (χ0) is 15.6. The Morgan fingerprint density at radius 2 is 2.05 bits per heavy atom. The fraction of sp³-hybridized carbons (Fsp3) is 0.533. The van der Waals surface area contributed by atoms with Crippen LogP contribution in [0.1, 0.15) is 38.7 Å². The van der Waals surface area contributed by atoms with E-state index < -0.39 is 10.0 Å². The summed E-state index contributed by atoms with van der Waals surface area (Å²) in [6, 6.07) is 6.06. The molecule has 3 atom stereocenters. The summed E-state index contributed by atoms with van der Waals surface area (Å²) in [6.45, 7) is 4.24. The van der Waals surface area contributed by atoms with Gasteiger partial charge in [0.2, 0.25) is 10.0 Å². The van der Waals surface area contributed by atoms with Gasteiger partial charge >= 0.3 is 0 Å². The smallest absolute Gasteiger partial charge is 0.208 e. The molecule has 0 aromatic heterocycles. The Morgan fingerprint density at radius 1 is 1.33 bits per heavy atom. The molecule has 2 rings (SSSR count). The van der Waals surface area contributed by atoms with Crippen molar-refractivity contribution in [1.82, 2.24) is 4.72 Å². The Labute approximate surface area is 131 Å². The van der Waals surface area contributed by atoms with Crippen molar-refractivity contribution in [3.05, 3.63) is 28.8 Å². The highest BCUT2D eigenvalue weighted by atomic mass is 35.5. The van der Waals surface area contributed by atoms with Gasteiger partial charge in [-0.1, -0.05) is 38.3 Å². The Balaban J connectivity index is 2.22. The van der Waals surface area contributed by atoms with Crippen molar-refractivity contribution in [3.8, 4) is 6.07 Å². The first-order valence-corrected chi connectivity index (χ1v) is 8.93. The van der Waals surface area contributed by atoms with E-state index in [4.69, 9.17) is 16.9 Å². The second-order valence-electron chi connectivity index (χ2n) is 5.75. The Morgan fingerprint density at radius 3 is 2.67 bits per heavy atom. The number of hydrogen-bond acceptors (Lipinski definition) is 3.